The number of Topliss-reactive ketones (excluding diaryl/α,β-unsaturated/α-hetero) is 1. The van der Waals surface area contributed by atoms with E-state index in [2.05, 4.69) is 5.32 Å². The van der Waals surface area contributed by atoms with Crippen LogP contribution in [0.1, 0.15) is 43.1 Å². The number of carbonyl (C=O) groups is 3. The normalized spacial score (nSPS) is 12.4. The standard InChI is InChI=1S/C24H19NO4/c1-29-24(28)17-9-7-15(8-10-17)18-11-13-20(22-19(18)12-14-21(22)26)25-23(27)16-5-3-2-4-6-16/h2-11,13H,12,14H2,1H3,(H,25,27). The van der Waals surface area contributed by atoms with E-state index >= 15 is 0 Å². The number of benzene rings is 3. The Labute approximate surface area is 168 Å². The third-order valence-electron chi connectivity index (χ3n) is 5.09. The average molecular weight is 385 g/mol. The quantitative estimate of drug-likeness (QED) is 0.670. The van der Waals surface area contributed by atoms with E-state index in [1.165, 1.54) is 7.11 Å². The summed E-state index contributed by atoms with van der Waals surface area (Å²) in [7, 11) is 1.34. The number of ketones is 1. The maximum absolute atomic E-state index is 12.6. The molecule has 0 heterocycles. The molecule has 0 saturated carbocycles. The number of nitrogens with one attached hydrogen (secondary N) is 1. The largest absolute Gasteiger partial charge is 0.465 e. The van der Waals surface area contributed by atoms with Gasteiger partial charge < -0.3 is 10.1 Å². The van der Waals surface area contributed by atoms with Crippen LogP contribution in [0.2, 0.25) is 0 Å². The molecule has 0 radical (unpaired) electrons. The third-order valence-corrected chi connectivity index (χ3v) is 5.09. The molecule has 0 aromatic heterocycles. The molecule has 0 fully saturated rings. The van der Waals surface area contributed by atoms with Crippen molar-refractivity contribution in [2.45, 2.75) is 12.8 Å². The van der Waals surface area contributed by atoms with Crippen LogP contribution < -0.4 is 5.32 Å². The second kappa shape index (κ2) is 7.72. The topological polar surface area (TPSA) is 72.5 Å². The summed E-state index contributed by atoms with van der Waals surface area (Å²) in [6.07, 6.45) is 1.04. The van der Waals surface area contributed by atoms with Crippen molar-refractivity contribution in [2.75, 3.05) is 12.4 Å². The lowest BCUT2D eigenvalue weighted by atomic mass is 9.95. The first kappa shape index (κ1) is 18.6. The zero-order valence-corrected chi connectivity index (χ0v) is 15.9. The van der Waals surface area contributed by atoms with Gasteiger partial charge in [-0.05, 0) is 53.4 Å². The van der Waals surface area contributed by atoms with Crippen LogP contribution in [0.25, 0.3) is 11.1 Å². The molecule has 29 heavy (non-hydrogen) atoms. The fourth-order valence-electron chi connectivity index (χ4n) is 3.65. The molecular formula is C24H19NO4. The Kier molecular flexibility index (Phi) is 4.96. The number of methoxy groups -OCH3 is 1. The van der Waals surface area contributed by atoms with Gasteiger partial charge in [-0.15, -0.1) is 0 Å². The first-order valence-corrected chi connectivity index (χ1v) is 9.32. The molecule has 0 saturated heterocycles. The Bertz CT molecular complexity index is 1100. The Balaban J connectivity index is 1.69. The van der Waals surface area contributed by atoms with Crippen LogP contribution in [0, 0.1) is 0 Å². The first-order valence-electron chi connectivity index (χ1n) is 9.32. The lowest BCUT2D eigenvalue weighted by molar-refractivity contribution is 0.0600. The predicted octanol–water partition coefficient (Wildman–Crippen LogP) is 4.52. The molecular weight excluding hydrogens is 366 g/mol. The highest BCUT2D eigenvalue weighted by Crippen LogP contribution is 2.37. The number of amides is 1. The van der Waals surface area contributed by atoms with Crippen LogP contribution in [-0.4, -0.2) is 24.8 Å². The molecule has 0 spiro atoms. The minimum absolute atomic E-state index is 0.0244. The molecule has 4 rings (SSSR count). The van der Waals surface area contributed by atoms with Crippen molar-refractivity contribution >= 4 is 23.3 Å². The van der Waals surface area contributed by atoms with Gasteiger partial charge in [0.15, 0.2) is 5.78 Å². The Morgan fingerprint density at radius 1 is 0.862 bits per heavy atom. The smallest absolute Gasteiger partial charge is 0.337 e. The zero-order chi connectivity index (χ0) is 20.4. The molecule has 1 N–H and O–H groups in total. The number of carbonyl (C=O) groups excluding carboxylic acids is 3. The minimum atomic E-state index is -0.393. The monoisotopic (exact) mass is 385 g/mol. The lowest BCUT2D eigenvalue weighted by Crippen LogP contribution is -2.14. The number of ether oxygens (including phenoxy) is 1. The predicted molar refractivity (Wildman–Crippen MR) is 110 cm³/mol. The summed E-state index contributed by atoms with van der Waals surface area (Å²) in [6, 6.07) is 19.7. The van der Waals surface area contributed by atoms with E-state index in [1.807, 2.05) is 24.3 Å². The van der Waals surface area contributed by atoms with Crippen LogP contribution in [0.5, 0.6) is 0 Å². The van der Waals surface area contributed by atoms with Crippen molar-refractivity contribution in [3.63, 3.8) is 0 Å². The number of fused-ring (bicyclic) bond motifs is 1. The van der Waals surface area contributed by atoms with Crippen molar-refractivity contribution in [3.05, 3.63) is 89.0 Å². The molecule has 1 aliphatic carbocycles. The fourth-order valence-corrected chi connectivity index (χ4v) is 3.65. The number of rotatable bonds is 4. The molecule has 3 aromatic rings. The number of hydrogen-bond acceptors (Lipinski definition) is 4. The number of anilines is 1. The van der Waals surface area contributed by atoms with E-state index in [4.69, 9.17) is 4.74 Å². The lowest BCUT2D eigenvalue weighted by Gasteiger charge is -2.14. The Hall–Kier alpha value is -3.73. The fraction of sp³-hybridized carbons (Fsp3) is 0.125. The van der Waals surface area contributed by atoms with Crippen LogP contribution in [0.15, 0.2) is 66.7 Å². The Morgan fingerprint density at radius 2 is 1.59 bits per heavy atom. The van der Waals surface area contributed by atoms with Crippen LogP contribution in [-0.2, 0) is 11.2 Å². The molecule has 5 heteroatoms. The summed E-state index contributed by atoms with van der Waals surface area (Å²) >= 11 is 0. The van der Waals surface area contributed by atoms with Gasteiger partial charge in [0.2, 0.25) is 0 Å². The summed E-state index contributed by atoms with van der Waals surface area (Å²) in [6.45, 7) is 0. The van der Waals surface area contributed by atoms with Gasteiger partial charge in [0.25, 0.3) is 5.91 Å². The zero-order valence-electron chi connectivity index (χ0n) is 15.9. The second-order valence-electron chi connectivity index (χ2n) is 6.83. The van der Waals surface area contributed by atoms with Gasteiger partial charge in [-0.3, -0.25) is 9.59 Å². The van der Waals surface area contributed by atoms with Crippen molar-refractivity contribution < 1.29 is 19.1 Å². The molecule has 144 valence electrons. The van der Waals surface area contributed by atoms with Gasteiger partial charge in [-0.1, -0.05) is 36.4 Å². The maximum Gasteiger partial charge on any atom is 0.337 e. The maximum atomic E-state index is 12.6. The summed E-state index contributed by atoms with van der Waals surface area (Å²) < 4.78 is 4.74. The molecule has 0 aliphatic heterocycles. The first-order chi connectivity index (χ1) is 14.1. The highest BCUT2D eigenvalue weighted by Gasteiger charge is 2.27. The van der Waals surface area contributed by atoms with Crippen molar-refractivity contribution in [3.8, 4) is 11.1 Å². The minimum Gasteiger partial charge on any atom is -0.465 e. The number of esters is 1. The van der Waals surface area contributed by atoms with Crippen LogP contribution in [0.3, 0.4) is 0 Å². The van der Waals surface area contributed by atoms with Crippen LogP contribution in [0.4, 0.5) is 5.69 Å². The molecule has 0 bridgehead atoms. The van der Waals surface area contributed by atoms with E-state index in [1.54, 1.807) is 42.5 Å². The number of hydrogen-bond donors (Lipinski definition) is 1. The van der Waals surface area contributed by atoms with Gasteiger partial charge in [-0.2, -0.15) is 0 Å². The van der Waals surface area contributed by atoms with Gasteiger partial charge in [0.1, 0.15) is 0 Å². The van der Waals surface area contributed by atoms with E-state index in [9.17, 15) is 14.4 Å². The molecule has 0 unspecified atom stereocenters. The van der Waals surface area contributed by atoms with Gasteiger partial charge in [0, 0.05) is 17.5 Å². The molecule has 3 aromatic carbocycles. The highest BCUT2D eigenvalue weighted by atomic mass is 16.5. The highest BCUT2D eigenvalue weighted by molar-refractivity contribution is 6.12. The molecule has 1 amide bonds. The summed E-state index contributed by atoms with van der Waals surface area (Å²) in [5.74, 6) is -0.616. The summed E-state index contributed by atoms with van der Waals surface area (Å²) in [4.78, 5) is 36.7. The summed E-state index contributed by atoms with van der Waals surface area (Å²) in [5, 5.41) is 2.88. The van der Waals surface area contributed by atoms with Crippen molar-refractivity contribution in [1.82, 2.24) is 0 Å². The van der Waals surface area contributed by atoms with E-state index in [0.717, 1.165) is 16.7 Å². The van der Waals surface area contributed by atoms with E-state index in [-0.39, 0.29) is 11.7 Å². The SMILES string of the molecule is COC(=O)c1ccc(-c2ccc(NC(=O)c3ccccc3)c3c2CCC3=O)cc1. The summed E-state index contributed by atoms with van der Waals surface area (Å²) in [5.41, 5.74) is 4.87. The van der Waals surface area contributed by atoms with Crippen molar-refractivity contribution in [2.24, 2.45) is 0 Å². The van der Waals surface area contributed by atoms with Crippen LogP contribution >= 0.6 is 0 Å². The van der Waals surface area contributed by atoms with E-state index in [0.29, 0.717) is 35.2 Å². The molecule has 5 nitrogen and oxygen atoms in total. The van der Waals surface area contributed by atoms with E-state index < -0.39 is 5.97 Å². The van der Waals surface area contributed by atoms with Gasteiger partial charge in [-0.25, -0.2) is 4.79 Å². The second-order valence-corrected chi connectivity index (χ2v) is 6.83. The average Bonchev–Trinajstić information content (AvgIpc) is 3.16. The third kappa shape index (κ3) is 3.55. The molecule has 1 aliphatic rings. The van der Waals surface area contributed by atoms with Gasteiger partial charge in [0.05, 0.1) is 18.4 Å². The molecule has 0 atom stereocenters. The Morgan fingerprint density at radius 3 is 2.28 bits per heavy atom. The van der Waals surface area contributed by atoms with Crippen molar-refractivity contribution in [1.29, 1.82) is 0 Å². The van der Waals surface area contributed by atoms with Gasteiger partial charge >= 0.3 is 5.97 Å².